The van der Waals surface area contributed by atoms with Crippen molar-refractivity contribution in [2.75, 3.05) is 20.1 Å². The van der Waals surface area contributed by atoms with Crippen LogP contribution in [0.4, 0.5) is 0 Å². The lowest BCUT2D eigenvalue weighted by molar-refractivity contribution is 0.216. The van der Waals surface area contributed by atoms with Gasteiger partial charge in [0.2, 0.25) is 0 Å². The molecule has 0 atom stereocenters. The second-order valence-electron chi connectivity index (χ2n) is 7.00. The molecule has 138 valence electrons. The Kier molecular flexibility index (Phi) is 4.99. The van der Waals surface area contributed by atoms with Gasteiger partial charge in [0, 0.05) is 27.8 Å². The first-order valence-electron chi connectivity index (χ1n) is 9.43. The van der Waals surface area contributed by atoms with E-state index in [9.17, 15) is 4.79 Å². The van der Waals surface area contributed by atoms with Crippen LogP contribution in [0.3, 0.4) is 0 Å². The number of nitrogens with zero attached hydrogens (tertiary/aromatic N) is 3. The van der Waals surface area contributed by atoms with Crippen LogP contribution in [0.1, 0.15) is 43.4 Å². The summed E-state index contributed by atoms with van der Waals surface area (Å²) >= 11 is 3.41. The number of aromatic nitrogens is 2. The first-order valence-corrected chi connectivity index (χ1v) is 11.1. The van der Waals surface area contributed by atoms with Crippen LogP contribution in [0, 0.1) is 0 Å². The number of hydrogen-bond donors (Lipinski definition) is 0. The Bertz CT molecular complexity index is 963. The maximum absolute atomic E-state index is 13.7. The molecule has 1 aliphatic heterocycles. The van der Waals surface area contributed by atoms with Gasteiger partial charge >= 0.3 is 0 Å². The van der Waals surface area contributed by atoms with E-state index in [1.54, 1.807) is 22.7 Å². The van der Waals surface area contributed by atoms with E-state index >= 15 is 0 Å². The molecule has 0 radical (unpaired) electrons. The highest BCUT2D eigenvalue weighted by atomic mass is 32.1. The molecule has 0 aliphatic carbocycles. The highest BCUT2D eigenvalue weighted by Crippen LogP contribution is 2.39. The Morgan fingerprint density at radius 3 is 2.62 bits per heavy atom. The molecule has 0 saturated carbocycles. The van der Waals surface area contributed by atoms with E-state index < -0.39 is 0 Å². The third kappa shape index (κ3) is 2.94. The van der Waals surface area contributed by atoms with E-state index in [1.807, 2.05) is 4.57 Å². The van der Waals surface area contributed by atoms with Gasteiger partial charge in [-0.3, -0.25) is 9.36 Å². The zero-order chi connectivity index (χ0) is 18.3. The highest BCUT2D eigenvalue weighted by Gasteiger charge is 2.26. The van der Waals surface area contributed by atoms with Crippen LogP contribution >= 0.6 is 22.7 Å². The quantitative estimate of drug-likeness (QED) is 0.658. The van der Waals surface area contributed by atoms with Gasteiger partial charge < -0.3 is 4.90 Å². The fraction of sp³-hybridized carbons (Fsp3) is 0.500. The van der Waals surface area contributed by atoms with Crippen molar-refractivity contribution in [2.24, 2.45) is 0 Å². The lowest BCUT2D eigenvalue weighted by atomic mass is 10.0. The maximum Gasteiger partial charge on any atom is 0.263 e. The Hall–Kier alpha value is -1.50. The zero-order valence-corrected chi connectivity index (χ0v) is 17.3. The molecule has 0 amide bonds. The predicted molar refractivity (Wildman–Crippen MR) is 112 cm³/mol. The van der Waals surface area contributed by atoms with Gasteiger partial charge in [0.15, 0.2) is 0 Å². The van der Waals surface area contributed by atoms with Crippen molar-refractivity contribution in [3.63, 3.8) is 0 Å². The summed E-state index contributed by atoms with van der Waals surface area (Å²) in [6.07, 6.45) is 3.78. The molecule has 4 heterocycles. The molecule has 1 fully saturated rings. The van der Waals surface area contributed by atoms with Crippen molar-refractivity contribution < 1.29 is 0 Å². The summed E-state index contributed by atoms with van der Waals surface area (Å²) in [5.41, 5.74) is 1.30. The number of fused-ring (bicyclic) bond motifs is 1. The molecule has 0 N–H and O–H groups in total. The summed E-state index contributed by atoms with van der Waals surface area (Å²) in [6, 6.07) is 4.46. The van der Waals surface area contributed by atoms with E-state index in [1.165, 1.54) is 9.75 Å². The van der Waals surface area contributed by atoms with Crippen molar-refractivity contribution in [1.29, 1.82) is 0 Å². The number of hydrogen-bond acceptors (Lipinski definition) is 5. The van der Waals surface area contributed by atoms with Crippen molar-refractivity contribution in [3.05, 3.63) is 38.6 Å². The van der Waals surface area contributed by atoms with Crippen molar-refractivity contribution in [3.8, 4) is 10.4 Å². The maximum atomic E-state index is 13.7. The van der Waals surface area contributed by atoms with Crippen molar-refractivity contribution in [2.45, 2.75) is 45.6 Å². The Labute approximate surface area is 162 Å². The number of aryl methyl sites for hydroxylation is 2. The second kappa shape index (κ2) is 7.25. The van der Waals surface area contributed by atoms with E-state index in [-0.39, 0.29) is 11.6 Å². The molecule has 0 aromatic carbocycles. The molecule has 4 rings (SSSR count). The molecular formula is C20H25N3OS2. The van der Waals surface area contributed by atoms with Crippen LogP contribution in [0.2, 0.25) is 0 Å². The molecule has 0 unspecified atom stereocenters. The van der Waals surface area contributed by atoms with Crippen LogP contribution in [0.25, 0.3) is 20.7 Å². The lowest BCUT2D eigenvalue weighted by Gasteiger charge is -2.31. The van der Waals surface area contributed by atoms with Crippen LogP contribution < -0.4 is 5.56 Å². The normalized spacial score (nSPS) is 16.6. The molecule has 0 bridgehead atoms. The van der Waals surface area contributed by atoms with E-state index in [0.29, 0.717) is 0 Å². The first kappa shape index (κ1) is 17.9. The molecular weight excluding hydrogens is 362 g/mol. The van der Waals surface area contributed by atoms with Crippen LogP contribution in [-0.2, 0) is 12.8 Å². The molecule has 6 heteroatoms. The topological polar surface area (TPSA) is 38.1 Å². The number of rotatable bonds is 4. The van der Waals surface area contributed by atoms with Gasteiger partial charge in [-0.25, -0.2) is 4.98 Å². The average Bonchev–Trinajstić information content (AvgIpc) is 3.29. The molecule has 26 heavy (non-hydrogen) atoms. The fourth-order valence-electron chi connectivity index (χ4n) is 3.96. The van der Waals surface area contributed by atoms with Gasteiger partial charge in [-0.15, -0.1) is 22.7 Å². The minimum atomic E-state index is 0.167. The minimum absolute atomic E-state index is 0.167. The van der Waals surface area contributed by atoms with Gasteiger partial charge in [0.25, 0.3) is 5.56 Å². The summed E-state index contributed by atoms with van der Waals surface area (Å²) in [6.45, 7) is 6.35. The van der Waals surface area contributed by atoms with Crippen molar-refractivity contribution >= 4 is 32.9 Å². The Balaban J connectivity index is 1.96. The van der Waals surface area contributed by atoms with Gasteiger partial charge in [-0.05, 0) is 50.8 Å². The summed E-state index contributed by atoms with van der Waals surface area (Å²) in [4.78, 5) is 24.3. The van der Waals surface area contributed by atoms with Crippen molar-refractivity contribution in [1.82, 2.24) is 14.5 Å². The summed E-state index contributed by atoms with van der Waals surface area (Å²) in [5.74, 6) is 0.943. The van der Waals surface area contributed by atoms with Crippen LogP contribution in [0.15, 0.2) is 22.3 Å². The lowest BCUT2D eigenvalue weighted by Crippen LogP contribution is -2.37. The number of piperidine rings is 1. The van der Waals surface area contributed by atoms with Gasteiger partial charge in [0.05, 0.1) is 5.39 Å². The number of thiophene rings is 2. The second-order valence-corrected chi connectivity index (χ2v) is 9.03. The van der Waals surface area contributed by atoms with E-state index in [4.69, 9.17) is 4.98 Å². The highest BCUT2D eigenvalue weighted by molar-refractivity contribution is 7.20. The first-order chi connectivity index (χ1) is 12.6. The Morgan fingerprint density at radius 2 is 2.00 bits per heavy atom. The molecule has 3 aromatic rings. The molecule has 1 saturated heterocycles. The fourth-order valence-corrected chi connectivity index (χ4v) is 5.96. The summed E-state index contributed by atoms with van der Waals surface area (Å²) in [7, 11) is 2.16. The minimum Gasteiger partial charge on any atom is -0.306 e. The smallest absolute Gasteiger partial charge is 0.263 e. The Morgan fingerprint density at radius 1 is 1.23 bits per heavy atom. The molecule has 4 nitrogen and oxygen atoms in total. The van der Waals surface area contributed by atoms with Gasteiger partial charge in [-0.1, -0.05) is 19.9 Å². The van der Waals surface area contributed by atoms with Gasteiger partial charge in [0.1, 0.15) is 10.7 Å². The van der Waals surface area contributed by atoms with Crippen LogP contribution in [-0.4, -0.2) is 34.6 Å². The molecule has 3 aromatic heterocycles. The average molecular weight is 388 g/mol. The standard InChI is InChI=1S/C20H25N3OS2/c1-4-14-17(15-7-6-12-25-15)18-19(26-14)21-16(5-2)23(20(18)24)13-8-10-22(3)11-9-13/h6-7,12-13H,4-5,8-11H2,1-3H3. The SMILES string of the molecule is CCc1sc2nc(CC)n(C3CCN(C)CC3)c(=O)c2c1-c1cccs1. The summed E-state index contributed by atoms with van der Waals surface area (Å²) < 4.78 is 2.03. The number of likely N-dealkylation sites (tertiary alicyclic amines) is 1. The zero-order valence-electron chi connectivity index (χ0n) is 15.6. The van der Waals surface area contributed by atoms with Crippen LogP contribution in [0.5, 0.6) is 0 Å². The third-order valence-corrected chi connectivity index (χ3v) is 7.48. The third-order valence-electron chi connectivity index (χ3n) is 5.36. The largest absolute Gasteiger partial charge is 0.306 e. The monoisotopic (exact) mass is 387 g/mol. The van der Waals surface area contributed by atoms with E-state index in [2.05, 4.69) is 43.3 Å². The molecule has 0 spiro atoms. The van der Waals surface area contributed by atoms with Gasteiger partial charge in [-0.2, -0.15) is 0 Å². The summed E-state index contributed by atoms with van der Waals surface area (Å²) in [5, 5.41) is 2.92. The van der Waals surface area contributed by atoms with E-state index in [0.717, 1.165) is 60.4 Å². The molecule has 1 aliphatic rings. The predicted octanol–water partition coefficient (Wildman–Crippen LogP) is 4.58.